The summed E-state index contributed by atoms with van der Waals surface area (Å²) in [7, 11) is 0. The summed E-state index contributed by atoms with van der Waals surface area (Å²) in [6.07, 6.45) is 1.33. The Hall–Kier alpha value is -2.14. The second-order valence-corrected chi connectivity index (χ2v) is 7.09. The number of nitrogens with zero attached hydrogens (tertiary/aromatic N) is 1. The maximum absolute atomic E-state index is 13.0. The molecule has 0 atom stereocenters. The Balaban J connectivity index is 1.88. The second-order valence-electron chi connectivity index (χ2n) is 7.09. The Morgan fingerprint density at radius 3 is 2.56 bits per heavy atom. The lowest BCUT2D eigenvalue weighted by atomic mass is 9.82. The van der Waals surface area contributed by atoms with Crippen LogP contribution in [0.1, 0.15) is 37.8 Å². The molecule has 0 unspecified atom stereocenters. The molecule has 1 aromatic carbocycles. The van der Waals surface area contributed by atoms with E-state index in [-0.39, 0.29) is 11.9 Å². The molecule has 0 bridgehead atoms. The van der Waals surface area contributed by atoms with Crippen LogP contribution in [0.25, 0.3) is 0 Å². The van der Waals surface area contributed by atoms with Crippen molar-refractivity contribution in [2.24, 2.45) is 0 Å². The summed E-state index contributed by atoms with van der Waals surface area (Å²) in [4.78, 5) is 27.6. The minimum atomic E-state index is -0.769. The summed E-state index contributed by atoms with van der Waals surface area (Å²) >= 11 is 0. The lowest BCUT2D eigenvalue weighted by Crippen LogP contribution is -2.47. The maximum atomic E-state index is 13.0. The second kappa shape index (κ2) is 6.64. The van der Waals surface area contributed by atoms with E-state index in [1.165, 1.54) is 0 Å². The van der Waals surface area contributed by atoms with Crippen LogP contribution in [0.3, 0.4) is 0 Å². The highest BCUT2D eigenvalue weighted by atomic mass is 16.6. The predicted octanol–water partition coefficient (Wildman–Crippen LogP) is 2.97. The van der Waals surface area contributed by atoms with E-state index in [9.17, 15) is 9.59 Å². The third kappa shape index (κ3) is 3.21. The third-order valence-corrected chi connectivity index (χ3v) is 5.40. The average molecular weight is 342 g/mol. The van der Waals surface area contributed by atoms with E-state index < -0.39 is 5.60 Å². The molecule has 1 N–H and O–H groups in total. The Kier molecular flexibility index (Phi) is 4.69. The monoisotopic (exact) mass is 342 g/mol. The van der Waals surface area contributed by atoms with Gasteiger partial charge in [0.2, 0.25) is 0 Å². The van der Waals surface area contributed by atoms with E-state index in [1.54, 1.807) is 6.92 Å². The van der Waals surface area contributed by atoms with Crippen molar-refractivity contribution in [2.45, 2.75) is 46.1 Å². The number of carbonyl (C=O) groups is 2. The standard InChI is InChI=1S/C20H26N2O3/c1-5-22-10-8-20(9-11-22)17(15(4)19(24)25-20)18(23)21-16-12-13(2)6-7-14(16)3/h6-7,12H,5,8-11H2,1-4H3,(H,21,23). The molecule has 5 nitrogen and oxygen atoms in total. The van der Waals surface area contributed by atoms with Gasteiger partial charge in [0.1, 0.15) is 5.60 Å². The van der Waals surface area contributed by atoms with Crippen LogP contribution in [-0.4, -0.2) is 42.0 Å². The zero-order valence-corrected chi connectivity index (χ0v) is 15.4. The summed E-state index contributed by atoms with van der Waals surface area (Å²) in [5, 5.41) is 3.00. The van der Waals surface area contributed by atoms with Gasteiger partial charge < -0.3 is 15.0 Å². The van der Waals surface area contributed by atoms with Crippen molar-refractivity contribution in [3.05, 3.63) is 40.5 Å². The molecule has 3 rings (SSSR count). The number of benzene rings is 1. The number of esters is 1. The maximum Gasteiger partial charge on any atom is 0.335 e. The van der Waals surface area contributed by atoms with Gasteiger partial charge in [0, 0.05) is 37.2 Å². The fourth-order valence-corrected chi connectivity index (χ4v) is 3.76. The first-order chi connectivity index (χ1) is 11.9. The van der Waals surface area contributed by atoms with E-state index in [0.29, 0.717) is 24.0 Å². The van der Waals surface area contributed by atoms with Crippen molar-refractivity contribution in [1.29, 1.82) is 0 Å². The van der Waals surface area contributed by atoms with Crippen LogP contribution in [0.5, 0.6) is 0 Å². The minimum absolute atomic E-state index is 0.220. The van der Waals surface area contributed by atoms with Gasteiger partial charge in [-0.3, -0.25) is 4.79 Å². The van der Waals surface area contributed by atoms with Crippen molar-refractivity contribution in [1.82, 2.24) is 4.90 Å². The van der Waals surface area contributed by atoms with Crippen LogP contribution in [0.15, 0.2) is 29.3 Å². The summed E-state index contributed by atoms with van der Waals surface area (Å²) in [6, 6.07) is 5.95. The first-order valence-corrected chi connectivity index (χ1v) is 8.92. The topological polar surface area (TPSA) is 58.6 Å². The smallest absolute Gasteiger partial charge is 0.335 e. The number of anilines is 1. The summed E-state index contributed by atoms with van der Waals surface area (Å²) in [5.41, 5.74) is 3.04. The molecule has 1 spiro atoms. The fraction of sp³-hybridized carbons (Fsp3) is 0.500. The van der Waals surface area contributed by atoms with Crippen molar-refractivity contribution in [3.8, 4) is 0 Å². The summed E-state index contributed by atoms with van der Waals surface area (Å²) in [5.74, 6) is -0.585. The van der Waals surface area contributed by atoms with Crippen LogP contribution >= 0.6 is 0 Å². The Bertz CT molecular complexity index is 743. The highest BCUT2D eigenvalue weighted by Crippen LogP contribution is 2.41. The molecule has 134 valence electrons. The number of nitrogens with one attached hydrogen (secondary N) is 1. The number of rotatable bonds is 3. The van der Waals surface area contributed by atoms with Crippen molar-refractivity contribution < 1.29 is 14.3 Å². The quantitative estimate of drug-likeness (QED) is 0.858. The number of likely N-dealkylation sites (tertiary alicyclic amines) is 1. The molecule has 1 amide bonds. The van der Waals surface area contributed by atoms with Crippen LogP contribution in [0.4, 0.5) is 5.69 Å². The zero-order valence-electron chi connectivity index (χ0n) is 15.4. The molecular weight excluding hydrogens is 316 g/mol. The number of hydrogen-bond acceptors (Lipinski definition) is 4. The van der Waals surface area contributed by atoms with E-state index in [4.69, 9.17) is 4.74 Å². The molecule has 1 aromatic rings. The Labute approximate surface area is 149 Å². The predicted molar refractivity (Wildman–Crippen MR) is 97.4 cm³/mol. The molecule has 0 aromatic heterocycles. The van der Waals surface area contributed by atoms with Gasteiger partial charge in [-0.15, -0.1) is 0 Å². The number of piperidine rings is 1. The highest BCUT2D eigenvalue weighted by molar-refractivity contribution is 6.12. The molecule has 5 heteroatoms. The van der Waals surface area contributed by atoms with E-state index in [1.807, 2.05) is 32.0 Å². The van der Waals surface area contributed by atoms with Crippen LogP contribution in [0.2, 0.25) is 0 Å². The third-order valence-electron chi connectivity index (χ3n) is 5.40. The van der Waals surface area contributed by atoms with Gasteiger partial charge in [-0.2, -0.15) is 0 Å². The van der Waals surface area contributed by atoms with Gasteiger partial charge >= 0.3 is 5.97 Å². The largest absolute Gasteiger partial charge is 0.450 e. The molecule has 0 radical (unpaired) electrons. The van der Waals surface area contributed by atoms with Crippen molar-refractivity contribution >= 4 is 17.6 Å². The van der Waals surface area contributed by atoms with E-state index in [2.05, 4.69) is 17.1 Å². The molecule has 0 aliphatic carbocycles. The lowest BCUT2D eigenvalue weighted by Gasteiger charge is -2.39. The molecule has 2 aliphatic heterocycles. The fourth-order valence-electron chi connectivity index (χ4n) is 3.76. The van der Waals surface area contributed by atoms with Crippen LogP contribution in [0, 0.1) is 13.8 Å². The summed E-state index contributed by atoms with van der Waals surface area (Å²) < 4.78 is 5.72. The lowest BCUT2D eigenvalue weighted by molar-refractivity contribution is -0.150. The Morgan fingerprint density at radius 2 is 1.92 bits per heavy atom. The van der Waals surface area contributed by atoms with E-state index in [0.717, 1.165) is 36.4 Å². The first kappa shape index (κ1) is 17.7. The van der Waals surface area contributed by atoms with Gasteiger partial charge in [-0.1, -0.05) is 19.1 Å². The average Bonchev–Trinajstić information content (AvgIpc) is 2.82. The van der Waals surface area contributed by atoms with Gasteiger partial charge in [-0.25, -0.2) is 4.79 Å². The van der Waals surface area contributed by atoms with Crippen molar-refractivity contribution in [2.75, 3.05) is 25.0 Å². The molecule has 2 heterocycles. The van der Waals surface area contributed by atoms with E-state index >= 15 is 0 Å². The van der Waals surface area contributed by atoms with Gasteiger partial charge in [0.05, 0.1) is 5.57 Å². The molecule has 1 saturated heterocycles. The number of ether oxygens (including phenoxy) is 1. The first-order valence-electron chi connectivity index (χ1n) is 8.92. The normalized spacial score (nSPS) is 20.1. The van der Waals surface area contributed by atoms with Gasteiger partial charge in [-0.05, 0) is 44.5 Å². The molecule has 25 heavy (non-hydrogen) atoms. The molecule has 0 saturated carbocycles. The van der Waals surface area contributed by atoms with Crippen LogP contribution < -0.4 is 5.32 Å². The minimum Gasteiger partial charge on any atom is -0.450 e. The number of hydrogen-bond donors (Lipinski definition) is 1. The van der Waals surface area contributed by atoms with Gasteiger partial charge in [0.15, 0.2) is 0 Å². The van der Waals surface area contributed by atoms with Crippen molar-refractivity contribution in [3.63, 3.8) is 0 Å². The zero-order chi connectivity index (χ0) is 18.2. The van der Waals surface area contributed by atoms with Crippen LogP contribution in [-0.2, 0) is 14.3 Å². The number of aryl methyl sites for hydroxylation is 2. The highest BCUT2D eigenvalue weighted by Gasteiger charge is 2.50. The molecular formula is C20H26N2O3. The van der Waals surface area contributed by atoms with Gasteiger partial charge in [0.25, 0.3) is 5.91 Å². The Morgan fingerprint density at radius 1 is 1.24 bits per heavy atom. The number of carbonyl (C=O) groups excluding carboxylic acids is 2. The number of amides is 1. The summed E-state index contributed by atoms with van der Waals surface area (Å²) in [6.45, 7) is 10.4. The molecule has 1 fully saturated rings. The SMILES string of the molecule is CCN1CCC2(CC1)OC(=O)C(C)=C2C(=O)Nc1cc(C)ccc1C. The molecule has 2 aliphatic rings.